The van der Waals surface area contributed by atoms with E-state index in [9.17, 15) is 5.11 Å². The number of aryl methyl sites for hydroxylation is 1. The van der Waals surface area contributed by atoms with Crippen LogP contribution in [-0.4, -0.2) is 11.2 Å². The minimum absolute atomic E-state index is 0.177. The lowest BCUT2D eigenvalue weighted by molar-refractivity contribution is 0.0977. The molecule has 0 saturated heterocycles. The average molecular weight is 218 g/mol. The van der Waals surface area contributed by atoms with Crippen molar-refractivity contribution in [3.05, 3.63) is 34.9 Å². The van der Waals surface area contributed by atoms with Crippen molar-refractivity contribution in [3.8, 4) is 0 Å². The molecule has 3 atom stereocenters. The highest BCUT2D eigenvalue weighted by atomic mass is 16.3. The topological polar surface area (TPSA) is 20.2 Å². The van der Waals surface area contributed by atoms with Crippen LogP contribution in [0.15, 0.2) is 18.2 Å². The quantitative estimate of drug-likeness (QED) is 0.763. The first-order valence-corrected chi connectivity index (χ1v) is 6.29. The number of rotatable bonds is 1. The highest BCUT2D eigenvalue weighted by Crippen LogP contribution is 2.42. The van der Waals surface area contributed by atoms with Crippen molar-refractivity contribution in [2.45, 2.75) is 52.1 Å². The molecule has 3 unspecified atom stereocenters. The Bertz CT molecular complexity index is 381. The number of benzene rings is 1. The zero-order valence-corrected chi connectivity index (χ0v) is 10.7. The van der Waals surface area contributed by atoms with E-state index in [1.807, 2.05) is 0 Å². The second-order valence-electron chi connectivity index (χ2n) is 5.61. The van der Waals surface area contributed by atoms with E-state index in [4.69, 9.17) is 0 Å². The number of hydrogen-bond donors (Lipinski definition) is 1. The van der Waals surface area contributed by atoms with Gasteiger partial charge in [-0.15, -0.1) is 0 Å². The van der Waals surface area contributed by atoms with E-state index >= 15 is 0 Å². The molecule has 16 heavy (non-hydrogen) atoms. The molecule has 0 spiro atoms. The summed E-state index contributed by atoms with van der Waals surface area (Å²) in [4.78, 5) is 0. The van der Waals surface area contributed by atoms with Gasteiger partial charge in [-0.2, -0.15) is 0 Å². The predicted octanol–water partition coefficient (Wildman–Crippen LogP) is 3.60. The molecular weight excluding hydrogens is 196 g/mol. The van der Waals surface area contributed by atoms with Crippen LogP contribution in [0.4, 0.5) is 0 Å². The molecule has 0 aromatic heterocycles. The third-order valence-electron chi connectivity index (χ3n) is 3.86. The number of aliphatic hydroxyl groups is 1. The van der Waals surface area contributed by atoms with Gasteiger partial charge in [0.05, 0.1) is 6.10 Å². The second-order valence-corrected chi connectivity index (χ2v) is 5.61. The van der Waals surface area contributed by atoms with Crippen LogP contribution in [0.5, 0.6) is 0 Å². The molecule has 0 aliphatic heterocycles. The van der Waals surface area contributed by atoms with Gasteiger partial charge in [0.2, 0.25) is 0 Å². The average Bonchev–Trinajstić information content (AvgIpc) is 2.15. The van der Waals surface area contributed by atoms with Crippen LogP contribution in [0.1, 0.15) is 55.7 Å². The maximum atomic E-state index is 10.2. The summed E-state index contributed by atoms with van der Waals surface area (Å²) in [6, 6.07) is 6.69. The van der Waals surface area contributed by atoms with Gasteiger partial charge in [0.15, 0.2) is 0 Å². The number of aliphatic hydroxyl groups excluding tert-OH is 1. The third-order valence-corrected chi connectivity index (χ3v) is 3.86. The molecule has 1 N–H and O–H groups in total. The molecule has 2 rings (SSSR count). The van der Waals surface area contributed by atoms with Crippen molar-refractivity contribution in [3.63, 3.8) is 0 Å². The highest BCUT2D eigenvalue weighted by Gasteiger charge is 2.33. The third kappa shape index (κ3) is 1.89. The minimum Gasteiger partial charge on any atom is -0.392 e. The van der Waals surface area contributed by atoms with Gasteiger partial charge in [-0.05, 0) is 36.3 Å². The Morgan fingerprint density at radius 2 is 1.94 bits per heavy atom. The van der Waals surface area contributed by atoms with Crippen molar-refractivity contribution in [1.29, 1.82) is 0 Å². The van der Waals surface area contributed by atoms with Gasteiger partial charge in [0.1, 0.15) is 0 Å². The molecule has 0 saturated carbocycles. The van der Waals surface area contributed by atoms with Crippen LogP contribution >= 0.6 is 0 Å². The summed E-state index contributed by atoms with van der Waals surface area (Å²) in [5, 5.41) is 10.2. The van der Waals surface area contributed by atoms with Crippen molar-refractivity contribution in [2.24, 2.45) is 5.92 Å². The Labute approximate surface area is 98.5 Å². The molecule has 1 aliphatic carbocycles. The maximum Gasteiger partial charge on any atom is 0.0617 e. The summed E-state index contributed by atoms with van der Waals surface area (Å²) < 4.78 is 0. The first-order chi connectivity index (χ1) is 7.50. The predicted molar refractivity (Wildman–Crippen MR) is 67.8 cm³/mol. The molecule has 1 aromatic rings. The molecule has 1 aromatic carbocycles. The first-order valence-electron chi connectivity index (χ1n) is 6.29. The van der Waals surface area contributed by atoms with Gasteiger partial charge < -0.3 is 5.11 Å². The largest absolute Gasteiger partial charge is 0.392 e. The van der Waals surface area contributed by atoms with Crippen LogP contribution in [0.25, 0.3) is 0 Å². The molecule has 0 radical (unpaired) electrons. The van der Waals surface area contributed by atoms with Crippen LogP contribution in [0.2, 0.25) is 0 Å². The van der Waals surface area contributed by atoms with Crippen molar-refractivity contribution in [1.82, 2.24) is 0 Å². The number of fused-ring (bicyclic) bond motifs is 1. The van der Waals surface area contributed by atoms with E-state index in [0.29, 0.717) is 17.8 Å². The lowest BCUT2D eigenvalue weighted by Gasteiger charge is -2.36. The molecule has 0 heterocycles. The van der Waals surface area contributed by atoms with Crippen LogP contribution in [0.3, 0.4) is 0 Å². The molecule has 1 aliphatic rings. The SMILES string of the molecule is Cc1ccc2c(c1)C(C(C)C)C(O)CC2C. The van der Waals surface area contributed by atoms with Crippen LogP contribution in [0, 0.1) is 12.8 Å². The van der Waals surface area contributed by atoms with Crippen LogP contribution < -0.4 is 0 Å². The van der Waals surface area contributed by atoms with Gasteiger partial charge in [-0.3, -0.25) is 0 Å². The zero-order valence-electron chi connectivity index (χ0n) is 10.7. The highest BCUT2D eigenvalue weighted by molar-refractivity contribution is 5.39. The number of hydrogen-bond acceptors (Lipinski definition) is 1. The van der Waals surface area contributed by atoms with E-state index in [1.54, 1.807) is 0 Å². The lowest BCUT2D eigenvalue weighted by atomic mass is 9.71. The van der Waals surface area contributed by atoms with Crippen molar-refractivity contribution >= 4 is 0 Å². The summed E-state index contributed by atoms with van der Waals surface area (Å²) in [5.41, 5.74) is 4.11. The maximum absolute atomic E-state index is 10.2. The molecular formula is C15H22O. The minimum atomic E-state index is -0.177. The Kier molecular flexibility index (Phi) is 3.07. The Morgan fingerprint density at radius 1 is 1.25 bits per heavy atom. The van der Waals surface area contributed by atoms with Gasteiger partial charge in [-0.25, -0.2) is 0 Å². The van der Waals surface area contributed by atoms with E-state index in [1.165, 1.54) is 16.7 Å². The summed E-state index contributed by atoms with van der Waals surface area (Å²) in [7, 11) is 0. The van der Waals surface area contributed by atoms with Gasteiger partial charge >= 0.3 is 0 Å². The molecule has 0 amide bonds. The normalized spacial score (nSPS) is 29.2. The van der Waals surface area contributed by atoms with Crippen molar-refractivity contribution in [2.75, 3.05) is 0 Å². The zero-order chi connectivity index (χ0) is 11.9. The summed E-state index contributed by atoms with van der Waals surface area (Å²) in [6.45, 7) is 8.75. The Hall–Kier alpha value is -0.820. The molecule has 0 bridgehead atoms. The fourth-order valence-electron chi connectivity index (χ4n) is 3.08. The fraction of sp³-hybridized carbons (Fsp3) is 0.600. The summed E-state index contributed by atoms with van der Waals surface area (Å²) >= 11 is 0. The fourth-order valence-corrected chi connectivity index (χ4v) is 3.08. The monoisotopic (exact) mass is 218 g/mol. The Balaban J connectivity index is 2.51. The first kappa shape index (κ1) is 11.7. The summed E-state index contributed by atoms with van der Waals surface area (Å²) in [5.74, 6) is 1.30. The van der Waals surface area contributed by atoms with E-state index in [2.05, 4.69) is 45.9 Å². The van der Waals surface area contributed by atoms with Crippen molar-refractivity contribution < 1.29 is 5.11 Å². The molecule has 0 fully saturated rings. The molecule has 1 nitrogen and oxygen atoms in total. The standard InChI is InChI=1S/C15H22O/c1-9(2)15-13-7-10(3)5-6-12(13)11(4)8-14(15)16/h5-7,9,11,14-16H,8H2,1-4H3. The second kappa shape index (κ2) is 4.21. The van der Waals surface area contributed by atoms with Crippen LogP contribution in [-0.2, 0) is 0 Å². The molecule has 1 heteroatoms. The van der Waals surface area contributed by atoms with E-state index < -0.39 is 0 Å². The van der Waals surface area contributed by atoms with Gasteiger partial charge in [0.25, 0.3) is 0 Å². The van der Waals surface area contributed by atoms with Gasteiger partial charge in [0, 0.05) is 5.92 Å². The molecule has 88 valence electrons. The van der Waals surface area contributed by atoms with E-state index in [0.717, 1.165) is 6.42 Å². The smallest absolute Gasteiger partial charge is 0.0617 e. The summed E-state index contributed by atoms with van der Waals surface area (Å²) in [6.07, 6.45) is 0.725. The Morgan fingerprint density at radius 3 is 2.56 bits per heavy atom. The van der Waals surface area contributed by atoms with Gasteiger partial charge in [-0.1, -0.05) is 44.5 Å². The van der Waals surface area contributed by atoms with E-state index in [-0.39, 0.29) is 6.10 Å². The lowest BCUT2D eigenvalue weighted by Crippen LogP contribution is -2.30.